The van der Waals surface area contributed by atoms with Gasteiger partial charge in [-0.1, -0.05) is 0 Å². The molecule has 0 saturated carbocycles. The highest BCUT2D eigenvalue weighted by Gasteiger charge is 2.05. The molecule has 0 bridgehead atoms. The van der Waals surface area contributed by atoms with Crippen LogP contribution >= 0.6 is 11.3 Å². The van der Waals surface area contributed by atoms with Crippen LogP contribution in [0.1, 0.15) is 17.5 Å². The SMILES string of the molecule is CCNc1nc(C)cn1Cc1cncs1. The third-order valence-corrected chi connectivity index (χ3v) is 2.81. The van der Waals surface area contributed by atoms with Crippen molar-refractivity contribution in [2.24, 2.45) is 0 Å². The first-order chi connectivity index (χ1) is 7.29. The molecule has 0 unspecified atom stereocenters. The number of thiazole rings is 1. The van der Waals surface area contributed by atoms with E-state index in [9.17, 15) is 0 Å². The number of anilines is 1. The standard InChI is InChI=1S/C10H14N4S/c1-3-12-10-13-8(2)5-14(10)6-9-4-11-7-15-9/h4-5,7H,3,6H2,1-2H3,(H,12,13). The monoisotopic (exact) mass is 222 g/mol. The lowest BCUT2D eigenvalue weighted by atomic mass is 10.5. The lowest BCUT2D eigenvalue weighted by Crippen LogP contribution is -2.06. The van der Waals surface area contributed by atoms with E-state index in [1.54, 1.807) is 11.3 Å². The molecule has 1 N–H and O–H groups in total. The molecule has 0 aliphatic rings. The first-order valence-corrected chi connectivity index (χ1v) is 5.82. The van der Waals surface area contributed by atoms with Gasteiger partial charge in [-0.3, -0.25) is 4.98 Å². The molecular weight excluding hydrogens is 208 g/mol. The largest absolute Gasteiger partial charge is 0.356 e. The predicted molar refractivity (Wildman–Crippen MR) is 62.3 cm³/mol. The van der Waals surface area contributed by atoms with Crippen molar-refractivity contribution in [2.75, 3.05) is 11.9 Å². The fourth-order valence-corrected chi connectivity index (χ4v) is 2.05. The topological polar surface area (TPSA) is 42.7 Å². The Kier molecular flexibility index (Phi) is 3.01. The fraction of sp³-hybridized carbons (Fsp3) is 0.400. The van der Waals surface area contributed by atoms with Crippen molar-refractivity contribution in [3.05, 3.63) is 28.5 Å². The number of hydrogen-bond acceptors (Lipinski definition) is 4. The smallest absolute Gasteiger partial charge is 0.203 e. The van der Waals surface area contributed by atoms with Crippen LogP contribution in [0.3, 0.4) is 0 Å². The summed E-state index contributed by atoms with van der Waals surface area (Å²) in [4.78, 5) is 9.72. The van der Waals surface area contributed by atoms with Gasteiger partial charge < -0.3 is 9.88 Å². The van der Waals surface area contributed by atoms with Crippen LogP contribution in [0.4, 0.5) is 5.95 Å². The molecule has 0 amide bonds. The number of nitrogens with zero attached hydrogens (tertiary/aromatic N) is 3. The summed E-state index contributed by atoms with van der Waals surface area (Å²) in [6.45, 7) is 5.80. The van der Waals surface area contributed by atoms with E-state index in [0.717, 1.165) is 24.7 Å². The van der Waals surface area contributed by atoms with Gasteiger partial charge in [0.25, 0.3) is 0 Å². The van der Waals surface area contributed by atoms with Crippen LogP contribution in [-0.2, 0) is 6.54 Å². The maximum atomic E-state index is 4.42. The predicted octanol–water partition coefficient (Wildman–Crippen LogP) is 2.13. The quantitative estimate of drug-likeness (QED) is 0.861. The molecule has 0 aliphatic heterocycles. The van der Waals surface area contributed by atoms with Crippen molar-refractivity contribution < 1.29 is 0 Å². The van der Waals surface area contributed by atoms with Gasteiger partial charge in [0.05, 0.1) is 17.7 Å². The molecule has 0 atom stereocenters. The molecule has 2 aromatic heterocycles. The minimum Gasteiger partial charge on any atom is -0.356 e. The second-order valence-electron chi connectivity index (χ2n) is 3.33. The Balaban J connectivity index is 2.19. The zero-order valence-corrected chi connectivity index (χ0v) is 9.71. The van der Waals surface area contributed by atoms with Gasteiger partial charge in [0.2, 0.25) is 5.95 Å². The van der Waals surface area contributed by atoms with E-state index in [0.29, 0.717) is 0 Å². The van der Waals surface area contributed by atoms with Gasteiger partial charge in [-0.05, 0) is 13.8 Å². The molecule has 5 heteroatoms. The second kappa shape index (κ2) is 4.44. The summed E-state index contributed by atoms with van der Waals surface area (Å²) in [6, 6.07) is 0. The fourth-order valence-electron chi connectivity index (χ4n) is 1.45. The third-order valence-electron chi connectivity index (χ3n) is 2.04. The zero-order chi connectivity index (χ0) is 10.7. The summed E-state index contributed by atoms with van der Waals surface area (Å²) in [7, 11) is 0. The maximum absolute atomic E-state index is 4.42. The van der Waals surface area contributed by atoms with Crippen LogP contribution in [0.5, 0.6) is 0 Å². The van der Waals surface area contributed by atoms with Gasteiger partial charge in [0.1, 0.15) is 0 Å². The zero-order valence-electron chi connectivity index (χ0n) is 8.90. The Morgan fingerprint density at radius 2 is 2.40 bits per heavy atom. The van der Waals surface area contributed by atoms with Crippen LogP contribution in [0.25, 0.3) is 0 Å². The van der Waals surface area contributed by atoms with Crippen molar-refractivity contribution in [1.82, 2.24) is 14.5 Å². The minimum absolute atomic E-state index is 0.841. The van der Waals surface area contributed by atoms with Gasteiger partial charge in [-0.15, -0.1) is 11.3 Å². The number of aryl methyl sites for hydroxylation is 1. The highest BCUT2D eigenvalue weighted by molar-refractivity contribution is 7.09. The maximum Gasteiger partial charge on any atom is 0.203 e. The molecule has 4 nitrogen and oxygen atoms in total. The van der Waals surface area contributed by atoms with E-state index in [1.165, 1.54) is 4.88 Å². The summed E-state index contributed by atoms with van der Waals surface area (Å²) < 4.78 is 2.12. The summed E-state index contributed by atoms with van der Waals surface area (Å²) >= 11 is 1.67. The molecule has 0 saturated heterocycles. The van der Waals surface area contributed by atoms with E-state index in [2.05, 4.69) is 33.0 Å². The number of nitrogens with one attached hydrogen (secondary N) is 1. The second-order valence-corrected chi connectivity index (χ2v) is 4.30. The molecule has 2 heterocycles. The third kappa shape index (κ3) is 2.36. The Morgan fingerprint density at radius 3 is 3.07 bits per heavy atom. The van der Waals surface area contributed by atoms with Crippen molar-refractivity contribution in [3.63, 3.8) is 0 Å². The number of aromatic nitrogens is 3. The molecular formula is C10H14N4S. The number of imidazole rings is 1. The van der Waals surface area contributed by atoms with E-state index in [-0.39, 0.29) is 0 Å². The van der Waals surface area contributed by atoms with Crippen molar-refractivity contribution in [1.29, 1.82) is 0 Å². The number of hydrogen-bond donors (Lipinski definition) is 1. The molecule has 0 aliphatic carbocycles. The van der Waals surface area contributed by atoms with E-state index in [4.69, 9.17) is 0 Å². The normalized spacial score (nSPS) is 10.5. The van der Waals surface area contributed by atoms with Crippen molar-refractivity contribution >= 4 is 17.3 Å². The Hall–Kier alpha value is -1.36. The average molecular weight is 222 g/mol. The van der Waals surface area contributed by atoms with Crippen LogP contribution in [0, 0.1) is 6.92 Å². The van der Waals surface area contributed by atoms with Crippen LogP contribution in [0.15, 0.2) is 17.9 Å². The Labute approximate surface area is 93.0 Å². The van der Waals surface area contributed by atoms with Crippen molar-refractivity contribution in [3.8, 4) is 0 Å². The van der Waals surface area contributed by atoms with Gasteiger partial charge >= 0.3 is 0 Å². The highest BCUT2D eigenvalue weighted by Crippen LogP contribution is 2.13. The van der Waals surface area contributed by atoms with E-state index in [1.807, 2.05) is 18.6 Å². The molecule has 2 aromatic rings. The molecule has 0 spiro atoms. The van der Waals surface area contributed by atoms with E-state index < -0.39 is 0 Å². The molecule has 2 rings (SSSR count). The lowest BCUT2D eigenvalue weighted by Gasteiger charge is -2.05. The molecule has 15 heavy (non-hydrogen) atoms. The Bertz CT molecular complexity index is 419. The van der Waals surface area contributed by atoms with Crippen LogP contribution in [-0.4, -0.2) is 21.1 Å². The first-order valence-electron chi connectivity index (χ1n) is 4.94. The molecule has 0 fully saturated rings. The summed E-state index contributed by atoms with van der Waals surface area (Å²) in [5.74, 6) is 0.934. The van der Waals surface area contributed by atoms with Gasteiger partial charge in [0, 0.05) is 23.8 Å². The van der Waals surface area contributed by atoms with E-state index >= 15 is 0 Å². The summed E-state index contributed by atoms with van der Waals surface area (Å²) in [5.41, 5.74) is 2.89. The summed E-state index contributed by atoms with van der Waals surface area (Å²) in [5, 5.41) is 3.25. The molecule has 0 radical (unpaired) electrons. The molecule has 80 valence electrons. The average Bonchev–Trinajstić information content (AvgIpc) is 2.78. The van der Waals surface area contributed by atoms with Gasteiger partial charge in [0.15, 0.2) is 0 Å². The number of rotatable bonds is 4. The lowest BCUT2D eigenvalue weighted by molar-refractivity contribution is 0.809. The van der Waals surface area contributed by atoms with Gasteiger partial charge in [-0.2, -0.15) is 0 Å². The van der Waals surface area contributed by atoms with Gasteiger partial charge in [-0.25, -0.2) is 4.98 Å². The van der Waals surface area contributed by atoms with Crippen LogP contribution in [0.2, 0.25) is 0 Å². The highest BCUT2D eigenvalue weighted by atomic mass is 32.1. The Morgan fingerprint density at radius 1 is 1.53 bits per heavy atom. The summed E-state index contributed by atoms with van der Waals surface area (Å²) in [6.07, 6.45) is 3.95. The van der Waals surface area contributed by atoms with Crippen LogP contribution < -0.4 is 5.32 Å². The minimum atomic E-state index is 0.841. The first kappa shape index (κ1) is 10.2. The van der Waals surface area contributed by atoms with Crippen molar-refractivity contribution in [2.45, 2.75) is 20.4 Å². The molecule has 0 aromatic carbocycles.